The van der Waals surface area contributed by atoms with E-state index < -0.39 is 0 Å². The number of ether oxygens (including phenoxy) is 2. The zero-order chi connectivity index (χ0) is 13.9. The lowest BCUT2D eigenvalue weighted by atomic mass is 10.0. The van der Waals surface area contributed by atoms with Crippen LogP contribution in [0.3, 0.4) is 0 Å². The summed E-state index contributed by atoms with van der Waals surface area (Å²) in [5, 5.41) is 0. The number of rotatable bonds is 10. The first-order valence-electron chi connectivity index (χ1n) is 7.26. The molecule has 2 heteroatoms. The Balaban J connectivity index is 2.36. The number of unbranched alkanes of at least 4 members (excludes halogenated alkanes) is 2. The molecule has 1 rings (SSSR count). The van der Waals surface area contributed by atoms with Crippen molar-refractivity contribution in [2.75, 3.05) is 19.8 Å². The lowest BCUT2D eigenvalue weighted by molar-refractivity contribution is 0.110. The molecule has 0 spiro atoms. The molecule has 0 unspecified atom stereocenters. The maximum atomic E-state index is 5.59. The summed E-state index contributed by atoms with van der Waals surface area (Å²) in [6, 6.07) is 8.19. The van der Waals surface area contributed by atoms with Crippen molar-refractivity contribution in [3.63, 3.8) is 0 Å². The molecule has 0 bridgehead atoms. The molecular formula is C17H26O2. The summed E-state index contributed by atoms with van der Waals surface area (Å²) in [5.74, 6) is 0.893. The summed E-state index contributed by atoms with van der Waals surface area (Å²) >= 11 is 0. The number of benzene rings is 1. The van der Waals surface area contributed by atoms with Gasteiger partial charge in [-0.3, -0.25) is 0 Å². The molecule has 0 aliphatic carbocycles. The first-order valence-corrected chi connectivity index (χ1v) is 7.26. The van der Waals surface area contributed by atoms with Gasteiger partial charge >= 0.3 is 0 Å². The van der Waals surface area contributed by atoms with Crippen molar-refractivity contribution in [3.8, 4) is 5.75 Å². The number of allylic oxidation sites excluding steroid dienone is 1. The number of hydrogen-bond donors (Lipinski definition) is 0. The van der Waals surface area contributed by atoms with Crippen LogP contribution in [-0.2, 0) is 4.74 Å². The van der Waals surface area contributed by atoms with Crippen molar-refractivity contribution in [3.05, 3.63) is 36.4 Å². The molecule has 1 aromatic rings. The average molecular weight is 262 g/mol. The summed E-state index contributed by atoms with van der Waals surface area (Å²) in [5.41, 5.74) is 2.43. The third-order valence-electron chi connectivity index (χ3n) is 3.05. The molecule has 106 valence electrons. The van der Waals surface area contributed by atoms with E-state index in [1.807, 2.05) is 19.1 Å². The maximum Gasteiger partial charge on any atom is 0.119 e. The fourth-order valence-corrected chi connectivity index (χ4v) is 1.88. The zero-order valence-electron chi connectivity index (χ0n) is 12.3. The Bertz CT molecular complexity index is 354. The third-order valence-corrected chi connectivity index (χ3v) is 3.05. The second-order valence-electron chi connectivity index (χ2n) is 4.63. The van der Waals surface area contributed by atoms with Gasteiger partial charge in [0, 0.05) is 6.61 Å². The van der Waals surface area contributed by atoms with Crippen LogP contribution in [-0.4, -0.2) is 19.8 Å². The fourth-order valence-electron chi connectivity index (χ4n) is 1.88. The molecule has 0 N–H and O–H groups in total. The quantitative estimate of drug-likeness (QED) is 0.569. The highest BCUT2D eigenvalue weighted by Gasteiger charge is 2.00. The van der Waals surface area contributed by atoms with Crippen LogP contribution in [0.5, 0.6) is 5.75 Å². The lowest BCUT2D eigenvalue weighted by Crippen LogP contribution is -2.06. The molecule has 0 fully saturated rings. The standard InChI is InChI=1S/C17H26O2/c1-4-6-7-8-15(3)16-9-11-17(12-10-16)19-14-13-18-5-2/h9-12H,3-8,13-14H2,1-2H3. The topological polar surface area (TPSA) is 18.5 Å². The first-order chi connectivity index (χ1) is 9.27. The predicted octanol–water partition coefficient (Wildman–Crippen LogP) is 4.70. The molecule has 2 nitrogen and oxygen atoms in total. The van der Waals surface area contributed by atoms with Crippen LogP contribution in [0.4, 0.5) is 0 Å². The molecule has 0 aliphatic heterocycles. The second kappa shape index (κ2) is 9.62. The molecule has 0 aromatic heterocycles. The van der Waals surface area contributed by atoms with Gasteiger partial charge in [-0.05, 0) is 43.0 Å². The Labute approximate surface area is 117 Å². The van der Waals surface area contributed by atoms with Crippen molar-refractivity contribution in [1.29, 1.82) is 0 Å². The lowest BCUT2D eigenvalue weighted by Gasteiger charge is -2.09. The van der Waals surface area contributed by atoms with Gasteiger partial charge in [-0.1, -0.05) is 38.5 Å². The minimum atomic E-state index is 0.602. The Hall–Kier alpha value is -1.28. The van der Waals surface area contributed by atoms with Gasteiger partial charge in [-0.2, -0.15) is 0 Å². The van der Waals surface area contributed by atoms with E-state index in [1.165, 1.54) is 30.4 Å². The molecular weight excluding hydrogens is 236 g/mol. The van der Waals surface area contributed by atoms with Crippen LogP contribution in [0.25, 0.3) is 5.57 Å². The van der Waals surface area contributed by atoms with E-state index in [0.717, 1.165) is 18.8 Å². The first kappa shape index (κ1) is 15.8. The van der Waals surface area contributed by atoms with Crippen LogP contribution in [0.15, 0.2) is 30.8 Å². The van der Waals surface area contributed by atoms with Gasteiger partial charge in [0.1, 0.15) is 12.4 Å². The summed E-state index contributed by atoms with van der Waals surface area (Å²) in [6.45, 7) is 10.3. The van der Waals surface area contributed by atoms with Crippen molar-refractivity contribution in [2.45, 2.75) is 39.5 Å². The van der Waals surface area contributed by atoms with Crippen molar-refractivity contribution >= 4 is 5.57 Å². The molecule has 0 aliphatic rings. The van der Waals surface area contributed by atoms with E-state index >= 15 is 0 Å². The van der Waals surface area contributed by atoms with Crippen LogP contribution in [0, 0.1) is 0 Å². The predicted molar refractivity (Wildman–Crippen MR) is 81.6 cm³/mol. The second-order valence-corrected chi connectivity index (χ2v) is 4.63. The fraction of sp³-hybridized carbons (Fsp3) is 0.529. The molecule has 0 atom stereocenters. The molecule has 0 saturated carbocycles. The SMILES string of the molecule is C=C(CCCCC)c1ccc(OCCOCC)cc1. The molecule has 0 saturated heterocycles. The van der Waals surface area contributed by atoms with Crippen molar-refractivity contribution < 1.29 is 9.47 Å². The van der Waals surface area contributed by atoms with Gasteiger partial charge in [0.25, 0.3) is 0 Å². The summed E-state index contributed by atoms with van der Waals surface area (Å²) < 4.78 is 10.8. The maximum absolute atomic E-state index is 5.59. The van der Waals surface area contributed by atoms with Crippen molar-refractivity contribution in [1.82, 2.24) is 0 Å². The van der Waals surface area contributed by atoms with E-state index in [4.69, 9.17) is 9.47 Å². The summed E-state index contributed by atoms with van der Waals surface area (Å²) in [6.07, 6.45) is 4.83. The largest absolute Gasteiger partial charge is 0.491 e. The van der Waals surface area contributed by atoms with Gasteiger partial charge in [0.15, 0.2) is 0 Å². The summed E-state index contributed by atoms with van der Waals surface area (Å²) in [7, 11) is 0. The highest BCUT2D eigenvalue weighted by molar-refractivity contribution is 5.63. The number of hydrogen-bond acceptors (Lipinski definition) is 2. The van der Waals surface area contributed by atoms with Gasteiger partial charge < -0.3 is 9.47 Å². The van der Waals surface area contributed by atoms with Gasteiger partial charge in [0.2, 0.25) is 0 Å². The van der Waals surface area contributed by atoms with Crippen LogP contribution >= 0.6 is 0 Å². The zero-order valence-corrected chi connectivity index (χ0v) is 12.3. The van der Waals surface area contributed by atoms with Gasteiger partial charge in [-0.25, -0.2) is 0 Å². The van der Waals surface area contributed by atoms with Crippen LogP contribution in [0.1, 0.15) is 45.1 Å². The minimum Gasteiger partial charge on any atom is -0.491 e. The Morgan fingerprint density at radius 2 is 1.79 bits per heavy atom. The monoisotopic (exact) mass is 262 g/mol. The Morgan fingerprint density at radius 1 is 1.05 bits per heavy atom. The van der Waals surface area contributed by atoms with E-state index in [0.29, 0.717) is 13.2 Å². The van der Waals surface area contributed by atoms with Crippen molar-refractivity contribution in [2.24, 2.45) is 0 Å². The Morgan fingerprint density at radius 3 is 2.42 bits per heavy atom. The highest BCUT2D eigenvalue weighted by Crippen LogP contribution is 2.21. The molecule has 0 amide bonds. The van der Waals surface area contributed by atoms with E-state index in [2.05, 4.69) is 25.6 Å². The van der Waals surface area contributed by atoms with E-state index in [1.54, 1.807) is 0 Å². The molecule has 0 heterocycles. The normalized spacial score (nSPS) is 10.4. The minimum absolute atomic E-state index is 0.602. The average Bonchev–Trinajstić information content (AvgIpc) is 2.44. The summed E-state index contributed by atoms with van der Waals surface area (Å²) in [4.78, 5) is 0. The highest BCUT2D eigenvalue weighted by atomic mass is 16.5. The molecule has 1 aromatic carbocycles. The van der Waals surface area contributed by atoms with Gasteiger partial charge in [-0.15, -0.1) is 0 Å². The molecule has 19 heavy (non-hydrogen) atoms. The Kier molecular flexibility index (Phi) is 7.99. The van der Waals surface area contributed by atoms with E-state index in [-0.39, 0.29) is 0 Å². The molecule has 0 radical (unpaired) electrons. The van der Waals surface area contributed by atoms with Crippen LogP contribution in [0.2, 0.25) is 0 Å². The smallest absolute Gasteiger partial charge is 0.119 e. The third kappa shape index (κ3) is 6.44. The van der Waals surface area contributed by atoms with Gasteiger partial charge in [0.05, 0.1) is 6.61 Å². The van der Waals surface area contributed by atoms with E-state index in [9.17, 15) is 0 Å². The van der Waals surface area contributed by atoms with Crippen LogP contribution < -0.4 is 4.74 Å².